The summed E-state index contributed by atoms with van der Waals surface area (Å²) in [5.41, 5.74) is 7.22. The molecule has 0 aliphatic heterocycles. The number of carbonyl (C=O) groups excluding carboxylic acids is 2. The summed E-state index contributed by atoms with van der Waals surface area (Å²) in [5.74, 6) is -0.562. The molecule has 8 heteroatoms. The monoisotopic (exact) mass is 388 g/mol. The molecule has 1 amide bonds. The first-order chi connectivity index (χ1) is 13.4. The highest BCUT2D eigenvalue weighted by molar-refractivity contribution is 5.90. The number of esters is 1. The van der Waals surface area contributed by atoms with Crippen molar-refractivity contribution in [1.29, 1.82) is 0 Å². The molecule has 0 spiro atoms. The Bertz CT molecular complexity index is 797. The number of rotatable bonds is 8. The third-order valence-electron chi connectivity index (χ3n) is 3.95. The second kappa shape index (κ2) is 10.3. The van der Waals surface area contributed by atoms with E-state index in [1.165, 1.54) is 18.2 Å². The number of benzene rings is 2. The van der Waals surface area contributed by atoms with Crippen molar-refractivity contribution < 1.29 is 29.3 Å². The lowest BCUT2D eigenvalue weighted by molar-refractivity contribution is 0.0187. The Morgan fingerprint density at radius 1 is 1.11 bits per heavy atom. The molecule has 28 heavy (non-hydrogen) atoms. The van der Waals surface area contributed by atoms with Crippen molar-refractivity contribution in [3.05, 3.63) is 65.2 Å². The maximum absolute atomic E-state index is 11.8. The Labute approximate surface area is 162 Å². The van der Waals surface area contributed by atoms with Crippen molar-refractivity contribution in [2.75, 3.05) is 18.9 Å². The highest BCUT2D eigenvalue weighted by Crippen LogP contribution is 2.25. The number of alkyl carbamates (subject to hydrolysis) is 1. The molecule has 2 unspecified atom stereocenters. The molecule has 0 aliphatic carbocycles. The first-order valence-electron chi connectivity index (χ1n) is 8.79. The van der Waals surface area contributed by atoms with Crippen LogP contribution in [0.15, 0.2) is 48.5 Å². The fraction of sp³-hybridized carbons (Fsp3) is 0.300. The van der Waals surface area contributed by atoms with Crippen LogP contribution in [-0.2, 0) is 16.1 Å². The molecule has 0 fully saturated rings. The lowest BCUT2D eigenvalue weighted by Crippen LogP contribution is -2.36. The molecule has 0 bridgehead atoms. The summed E-state index contributed by atoms with van der Waals surface area (Å²) in [4.78, 5) is 23.6. The van der Waals surface area contributed by atoms with Gasteiger partial charge in [0.1, 0.15) is 18.8 Å². The minimum atomic E-state index is -1.41. The summed E-state index contributed by atoms with van der Waals surface area (Å²) in [6.07, 6.45) is -3.50. The number of amides is 1. The molecule has 2 aromatic rings. The number of aliphatic hydroxyl groups excluding tert-OH is 2. The standard InChI is InChI=1S/C20H24N2O6/c1-2-27-19(25)14-8-9-16(21)15(10-14)18(24)17(23)11-22-20(26)28-12-13-6-4-3-5-7-13/h3-10,17-18,23-24H,2,11-12,21H2,1H3,(H,22,26). The van der Waals surface area contributed by atoms with Gasteiger partial charge in [-0.05, 0) is 30.7 Å². The Kier molecular flexibility index (Phi) is 7.79. The average Bonchev–Trinajstić information content (AvgIpc) is 2.71. The van der Waals surface area contributed by atoms with Crippen LogP contribution in [-0.4, -0.2) is 41.5 Å². The molecule has 8 nitrogen and oxygen atoms in total. The van der Waals surface area contributed by atoms with Crippen LogP contribution in [0.1, 0.15) is 34.5 Å². The second-order valence-electron chi connectivity index (χ2n) is 6.02. The fourth-order valence-corrected chi connectivity index (χ4v) is 2.45. The number of hydrogen-bond donors (Lipinski definition) is 4. The maximum Gasteiger partial charge on any atom is 0.407 e. The topological polar surface area (TPSA) is 131 Å². The van der Waals surface area contributed by atoms with E-state index in [0.717, 1.165) is 5.56 Å². The quantitative estimate of drug-likeness (QED) is 0.400. The molecular formula is C20H24N2O6. The summed E-state index contributed by atoms with van der Waals surface area (Å²) in [6, 6.07) is 13.4. The molecule has 2 aromatic carbocycles. The molecule has 5 N–H and O–H groups in total. The average molecular weight is 388 g/mol. The van der Waals surface area contributed by atoms with Crippen molar-refractivity contribution in [3.63, 3.8) is 0 Å². The third kappa shape index (κ3) is 5.97. The van der Waals surface area contributed by atoms with Gasteiger partial charge in [-0.2, -0.15) is 0 Å². The second-order valence-corrected chi connectivity index (χ2v) is 6.02. The zero-order chi connectivity index (χ0) is 20.5. The molecule has 0 aromatic heterocycles. The molecule has 150 valence electrons. The number of nitrogens with two attached hydrogens (primary N) is 1. The van der Waals surface area contributed by atoms with E-state index in [9.17, 15) is 19.8 Å². The van der Waals surface area contributed by atoms with Crippen molar-refractivity contribution in [3.8, 4) is 0 Å². The van der Waals surface area contributed by atoms with Crippen LogP contribution in [0.5, 0.6) is 0 Å². The predicted molar refractivity (Wildman–Crippen MR) is 102 cm³/mol. The first-order valence-corrected chi connectivity index (χ1v) is 8.79. The Hall–Kier alpha value is -3.10. The van der Waals surface area contributed by atoms with Crippen molar-refractivity contribution >= 4 is 17.7 Å². The van der Waals surface area contributed by atoms with Crippen LogP contribution >= 0.6 is 0 Å². The van der Waals surface area contributed by atoms with Gasteiger partial charge in [-0.15, -0.1) is 0 Å². The van der Waals surface area contributed by atoms with E-state index in [2.05, 4.69) is 5.32 Å². The molecule has 0 saturated carbocycles. The third-order valence-corrected chi connectivity index (χ3v) is 3.95. The van der Waals surface area contributed by atoms with E-state index in [0.29, 0.717) is 0 Å². The summed E-state index contributed by atoms with van der Waals surface area (Å²) in [6.45, 7) is 1.70. The largest absolute Gasteiger partial charge is 0.462 e. The Morgan fingerprint density at radius 2 is 1.82 bits per heavy atom. The normalized spacial score (nSPS) is 12.7. The number of nitrogens with one attached hydrogen (secondary N) is 1. The van der Waals surface area contributed by atoms with E-state index >= 15 is 0 Å². The molecule has 0 heterocycles. The smallest absolute Gasteiger partial charge is 0.407 e. The number of anilines is 1. The zero-order valence-corrected chi connectivity index (χ0v) is 15.5. The van der Waals surface area contributed by atoms with Gasteiger partial charge < -0.3 is 30.7 Å². The number of carbonyl (C=O) groups is 2. The van der Waals surface area contributed by atoms with E-state index in [4.69, 9.17) is 15.2 Å². The van der Waals surface area contributed by atoms with Crippen LogP contribution < -0.4 is 11.1 Å². The zero-order valence-electron chi connectivity index (χ0n) is 15.5. The molecule has 0 radical (unpaired) electrons. The van der Waals surface area contributed by atoms with Crippen molar-refractivity contribution in [2.45, 2.75) is 25.7 Å². The number of hydrogen-bond acceptors (Lipinski definition) is 7. The molecule has 0 saturated heterocycles. The molecule has 2 rings (SSSR count). The van der Waals surface area contributed by atoms with Crippen molar-refractivity contribution in [2.24, 2.45) is 0 Å². The van der Waals surface area contributed by atoms with Gasteiger partial charge >= 0.3 is 12.1 Å². The predicted octanol–water partition coefficient (Wildman–Crippen LogP) is 1.77. The number of nitrogen functional groups attached to an aromatic ring is 1. The van der Waals surface area contributed by atoms with Crippen LogP contribution in [0, 0.1) is 0 Å². The van der Waals surface area contributed by atoms with E-state index in [1.807, 2.05) is 30.3 Å². The van der Waals surface area contributed by atoms with E-state index in [-0.39, 0.29) is 36.6 Å². The van der Waals surface area contributed by atoms with Crippen LogP contribution in [0.25, 0.3) is 0 Å². The fourth-order valence-electron chi connectivity index (χ4n) is 2.45. The summed E-state index contributed by atoms with van der Waals surface area (Å²) in [7, 11) is 0. The molecule has 0 aliphatic rings. The lowest BCUT2D eigenvalue weighted by Gasteiger charge is -2.20. The van der Waals surface area contributed by atoms with E-state index < -0.39 is 24.3 Å². The summed E-state index contributed by atoms with van der Waals surface area (Å²) >= 11 is 0. The van der Waals surface area contributed by atoms with Gasteiger partial charge in [-0.1, -0.05) is 30.3 Å². The highest BCUT2D eigenvalue weighted by Gasteiger charge is 2.23. The van der Waals surface area contributed by atoms with Gasteiger partial charge in [0.05, 0.1) is 12.2 Å². The van der Waals surface area contributed by atoms with Gasteiger partial charge in [-0.3, -0.25) is 0 Å². The first kappa shape index (κ1) is 21.2. The molecule has 2 atom stereocenters. The van der Waals surface area contributed by atoms with Gasteiger partial charge in [-0.25, -0.2) is 9.59 Å². The van der Waals surface area contributed by atoms with Gasteiger partial charge in [0, 0.05) is 17.8 Å². The number of ether oxygens (including phenoxy) is 2. The summed E-state index contributed by atoms with van der Waals surface area (Å²) in [5, 5.41) is 22.9. The minimum absolute atomic E-state index is 0.0832. The Balaban J connectivity index is 1.91. The Morgan fingerprint density at radius 3 is 2.50 bits per heavy atom. The summed E-state index contributed by atoms with van der Waals surface area (Å²) < 4.78 is 9.94. The molecular weight excluding hydrogens is 364 g/mol. The van der Waals surface area contributed by atoms with E-state index in [1.54, 1.807) is 6.92 Å². The van der Waals surface area contributed by atoms with Crippen LogP contribution in [0.2, 0.25) is 0 Å². The minimum Gasteiger partial charge on any atom is -0.462 e. The van der Waals surface area contributed by atoms with Gasteiger partial charge in [0.15, 0.2) is 0 Å². The van der Waals surface area contributed by atoms with Crippen molar-refractivity contribution in [1.82, 2.24) is 5.32 Å². The lowest BCUT2D eigenvalue weighted by atomic mass is 10.00. The van der Waals surface area contributed by atoms with Gasteiger partial charge in [0.25, 0.3) is 0 Å². The number of aliphatic hydroxyl groups is 2. The SMILES string of the molecule is CCOC(=O)c1ccc(N)c(C(O)C(O)CNC(=O)OCc2ccccc2)c1. The van der Waals surface area contributed by atoms with Gasteiger partial charge in [0.2, 0.25) is 0 Å². The maximum atomic E-state index is 11.8. The highest BCUT2D eigenvalue weighted by atomic mass is 16.5. The van der Waals surface area contributed by atoms with Crippen LogP contribution in [0.3, 0.4) is 0 Å². The van der Waals surface area contributed by atoms with Crippen LogP contribution in [0.4, 0.5) is 10.5 Å².